The predicted molar refractivity (Wildman–Crippen MR) is 86.1 cm³/mol. The van der Waals surface area contributed by atoms with Crippen molar-refractivity contribution in [1.29, 1.82) is 0 Å². The van der Waals surface area contributed by atoms with Gasteiger partial charge in [-0.3, -0.25) is 9.59 Å². The first-order valence-electron chi connectivity index (χ1n) is 8.01. The molecule has 0 radical (unpaired) electrons. The van der Waals surface area contributed by atoms with Crippen LogP contribution in [0.1, 0.15) is 23.2 Å². The van der Waals surface area contributed by atoms with Gasteiger partial charge in [-0.2, -0.15) is 0 Å². The van der Waals surface area contributed by atoms with Crippen molar-refractivity contribution in [3.05, 3.63) is 35.6 Å². The van der Waals surface area contributed by atoms with E-state index in [0.29, 0.717) is 38.3 Å². The van der Waals surface area contributed by atoms with E-state index in [0.717, 1.165) is 6.42 Å². The third-order valence-corrected chi connectivity index (χ3v) is 4.03. The fourth-order valence-electron chi connectivity index (χ4n) is 2.64. The Kier molecular flexibility index (Phi) is 7.14. The molecule has 6 nitrogen and oxygen atoms in total. The molecule has 24 heavy (non-hydrogen) atoms. The summed E-state index contributed by atoms with van der Waals surface area (Å²) in [6.07, 6.45) is 1.13. The van der Waals surface area contributed by atoms with Gasteiger partial charge in [-0.25, -0.2) is 4.39 Å². The molecule has 0 aliphatic carbocycles. The third kappa shape index (κ3) is 5.58. The van der Waals surface area contributed by atoms with Crippen LogP contribution in [0.3, 0.4) is 0 Å². The molecule has 1 aliphatic rings. The average molecular weight is 338 g/mol. The number of rotatable bonds is 7. The summed E-state index contributed by atoms with van der Waals surface area (Å²) >= 11 is 0. The minimum atomic E-state index is -0.388. The molecule has 2 atom stereocenters. The maximum absolute atomic E-state index is 12.8. The van der Waals surface area contributed by atoms with Gasteiger partial charge in [0.1, 0.15) is 5.82 Å². The van der Waals surface area contributed by atoms with Gasteiger partial charge in [-0.05, 0) is 36.6 Å². The van der Waals surface area contributed by atoms with Crippen LogP contribution in [0.5, 0.6) is 0 Å². The summed E-state index contributed by atoms with van der Waals surface area (Å²) in [5.74, 6) is -0.605. The van der Waals surface area contributed by atoms with Gasteiger partial charge in [-0.15, -0.1) is 0 Å². The molecule has 2 N–H and O–H groups in total. The highest BCUT2D eigenvalue weighted by Crippen LogP contribution is 2.21. The van der Waals surface area contributed by atoms with Crippen molar-refractivity contribution in [3.8, 4) is 0 Å². The van der Waals surface area contributed by atoms with Gasteiger partial charge in [-0.1, -0.05) is 0 Å². The van der Waals surface area contributed by atoms with Gasteiger partial charge in [0, 0.05) is 38.8 Å². The van der Waals surface area contributed by atoms with E-state index in [1.54, 1.807) is 7.11 Å². The molecule has 0 aromatic heterocycles. The molecule has 0 unspecified atom stereocenters. The Morgan fingerprint density at radius 1 is 1.25 bits per heavy atom. The highest BCUT2D eigenvalue weighted by Gasteiger charge is 2.27. The first kappa shape index (κ1) is 18.4. The first-order valence-corrected chi connectivity index (χ1v) is 8.01. The molecule has 2 rings (SSSR count). The first-order chi connectivity index (χ1) is 11.6. The van der Waals surface area contributed by atoms with Crippen LogP contribution < -0.4 is 10.6 Å². The lowest BCUT2D eigenvalue weighted by Crippen LogP contribution is -2.39. The Bertz CT molecular complexity index is 550. The van der Waals surface area contributed by atoms with Crippen molar-refractivity contribution in [2.45, 2.75) is 18.9 Å². The van der Waals surface area contributed by atoms with Crippen LogP contribution in [0.2, 0.25) is 0 Å². The largest absolute Gasteiger partial charge is 0.379 e. The molecule has 0 saturated carbocycles. The number of halogens is 1. The van der Waals surface area contributed by atoms with Crippen molar-refractivity contribution in [2.24, 2.45) is 5.92 Å². The number of hydrogen-bond donors (Lipinski definition) is 2. The number of carbonyl (C=O) groups is 2. The number of benzene rings is 1. The number of carbonyl (C=O) groups excluding carboxylic acids is 2. The highest BCUT2D eigenvalue weighted by molar-refractivity contribution is 5.94. The quantitative estimate of drug-likeness (QED) is 0.731. The molecule has 1 saturated heterocycles. The van der Waals surface area contributed by atoms with Gasteiger partial charge >= 0.3 is 0 Å². The van der Waals surface area contributed by atoms with Crippen molar-refractivity contribution in [3.63, 3.8) is 0 Å². The fraction of sp³-hybridized carbons (Fsp3) is 0.529. The molecule has 1 heterocycles. The van der Waals surface area contributed by atoms with E-state index in [1.807, 2.05) is 0 Å². The second kappa shape index (κ2) is 9.34. The van der Waals surface area contributed by atoms with E-state index >= 15 is 0 Å². The molecule has 7 heteroatoms. The number of amides is 2. The van der Waals surface area contributed by atoms with Gasteiger partial charge in [0.15, 0.2) is 0 Å². The standard InChI is InChI=1S/C17H23FN2O4/c1-23-15-11-24-9-6-13(15)10-16(21)19-7-8-20-17(22)12-2-4-14(18)5-3-12/h2-5,13,15H,6-11H2,1H3,(H,19,21)(H,20,22)/t13-,15+/m0/s1. The lowest BCUT2D eigenvalue weighted by molar-refractivity contribution is -0.126. The minimum absolute atomic E-state index is 0.0531. The van der Waals surface area contributed by atoms with E-state index in [-0.39, 0.29) is 29.7 Å². The predicted octanol–water partition coefficient (Wildman–Crippen LogP) is 1.11. The second-order valence-electron chi connectivity index (χ2n) is 5.71. The van der Waals surface area contributed by atoms with Crippen LogP contribution >= 0.6 is 0 Å². The minimum Gasteiger partial charge on any atom is -0.379 e. The van der Waals surface area contributed by atoms with Crippen molar-refractivity contribution in [1.82, 2.24) is 10.6 Å². The zero-order chi connectivity index (χ0) is 17.4. The number of methoxy groups -OCH3 is 1. The molecule has 0 bridgehead atoms. The van der Waals surface area contributed by atoms with Gasteiger partial charge < -0.3 is 20.1 Å². The van der Waals surface area contributed by atoms with Crippen LogP contribution in [-0.2, 0) is 14.3 Å². The van der Waals surface area contributed by atoms with Crippen molar-refractivity contribution in [2.75, 3.05) is 33.4 Å². The van der Waals surface area contributed by atoms with Gasteiger partial charge in [0.05, 0.1) is 12.7 Å². The highest BCUT2D eigenvalue weighted by atomic mass is 19.1. The lowest BCUT2D eigenvalue weighted by atomic mass is 9.93. The smallest absolute Gasteiger partial charge is 0.251 e. The number of nitrogens with one attached hydrogen (secondary N) is 2. The Labute approximate surface area is 140 Å². The molecule has 0 spiro atoms. The van der Waals surface area contributed by atoms with E-state index in [2.05, 4.69) is 10.6 Å². The van der Waals surface area contributed by atoms with Crippen LogP contribution in [0.4, 0.5) is 4.39 Å². The summed E-state index contributed by atoms with van der Waals surface area (Å²) in [5, 5.41) is 5.46. The van der Waals surface area contributed by atoms with Crippen molar-refractivity contribution < 1.29 is 23.5 Å². The topological polar surface area (TPSA) is 76.7 Å². The number of hydrogen-bond acceptors (Lipinski definition) is 4. The van der Waals surface area contributed by atoms with E-state index in [9.17, 15) is 14.0 Å². The summed E-state index contributed by atoms with van der Waals surface area (Å²) in [6.45, 7) is 1.81. The molecule has 1 aromatic carbocycles. The molecule has 1 aliphatic heterocycles. The molecular weight excluding hydrogens is 315 g/mol. The van der Waals surface area contributed by atoms with Gasteiger partial charge in [0.25, 0.3) is 5.91 Å². The van der Waals surface area contributed by atoms with Crippen LogP contribution in [0.25, 0.3) is 0 Å². The molecule has 1 fully saturated rings. The maximum atomic E-state index is 12.8. The molecule has 1 aromatic rings. The van der Waals surface area contributed by atoms with Gasteiger partial charge in [0.2, 0.25) is 5.91 Å². The van der Waals surface area contributed by atoms with Crippen molar-refractivity contribution >= 4 is 11.8 Å². The third-order valence-electron chi connectivity index (χ3n) is 4.03. The summed E-state index contributed by atoms with van der Waals surface area (Å²) < 4.78 is 23.5. The van der Waals surface area contributed by atoms with E-state index in [4.69, 9.17) is 9.47 Å². The summed E-state index contributed by atoms with van der Waals surface area (Å²) in [5.41, 5.74) is 0.382. The van der Waals surface area contributed by atoms with Crippen LogP contribution in [0.15, 0.2) is 24.3 Å². The molecule has 2 amide bonds. The normalized spacial score (nSPS) is 20.4. The second-order valence-corrected chi connectivity index (χ2v) is 5.71. The SMILES string of the molecule is CO[C@@H]1COCC[C@H]1CC(=O)NCCNC(=O)c1ccc(F)cc1. The maximum Gasteiger partial charge on any atom is 0.251 e. The Morgan fingerprint density at radius 2 is 1.96 bits per heavy atom. The Morgan fingerprint density at radius 3 is 2.67 bits per heavy atom. The van der Waals surface area contributed by atoms with Crippen LogP contribution in [0, 0.1) is 11.7 Å². The zero-order valence-corrected chi connectivity index (χ0v) is 13.7. The molecular formula is C17H23FN2O4. The van der Waals surface area contributed by atoms with E-state index < -0.39 is 0 Å². The summed E-state index contributed by atoms with van der Waals surface area (Å²) in [7, 11) is 1.62. The monoisotopic (exact) mass is 338 g/mol. The Hall–Kier alpha value is -1.99. The van der Waals surface area contributed by atoms with Crippen LogP contribution in [-0.4, -0.2) is 51.3 Å². The zero-order valence-electron chi connectivity index (χ0n) is 13.7. The Balaban J connectivity index is 1.65. The average Bonchev–Trinajstić information content (AvgIpc) is 2.59. The summed E-state index contributed by atoms with van der Waals surface area (Å²) in [4.78, 5) is 23.8. The van der Waals surface area contributed by atoms with E-state index in [1.165, 1.54) is 24.3 Å². The lowest BCUT2D eigenvalue weighted by Gasteiger charge is -2.29. The molecule has 132 valence electrons. The number of ether oxygens (including phenoxy) is 2. The summed E-state index contributed by atoms with van der Waals surface area (Å²) in [6, 6.07) is 5.30. The fourth-order valence-corrected chi connectivity index (χ4v) is 2.64.